The molecule has 98 valence electrons. The molecule has 0 aliphatic carbocycles. The highest BCUT2D eigenvalue weighted by Gasteiger charge is 2.11. The van der Waals surface area contributed by atoms with Crippen LogP contribution in [0.3, 0.4) is 0 Å². The van der Waals surface area contributed by atoms with E-state index in [1.54, 1.807) is 6.07 Å². The summed E-state index contributed by atoms with van der Waals surface area (Å²) in [7, 11) is 0. The number of rotatable bonds is 3. The lowest BCUT2D eigenvalue weighted by Crippen LogP contribution is -2.32. The first-order chi connectivity index (χ1) is 8.28. The van der Waals surface area contributed by atoms with Crippen LogP contribution >= 0.6 is 0 Å². The van der Waals surface area contributed by atoms with Crippen LogP contribution in [0.2, 0.25) is 0 Å². The van der Waals surface area contributed by atoms with Gasteiger partial charge >= 0.3 is 0 Å². The third-order valence-corrected chi connectivity index (χ3v) is 1.88. The number of hydrogen-bond donors (Lipinski definition) is 3. The smallest absolute Gasteiger partial charge is 0.267 e. The summed E-state index contributed by atoms with van der Waals surface area (Å²) in [6.07, 6.45) is 2.78. The maximum absolute atomic E-state index is 11.4. The number of hydroxylamine groups is 1. The topological polar surface area (TPSA) is 78.8 Å². The fourth-order valence-electron chi connectivity index (χ4n) is 1.05. The Morgan fingerprint density at radius 2 is 1.94 bits per heavy atom. The molecule has 0 aliphatic rings. The molecule has 0 bridgehead atoms. The number of benzene rings is 1. The monoisotopic (exact) mass is 251 g/mol. The largest absolute Gasteiger partial charge is 0.504 e. The average Bonchev–Trinajstić information content (AvgIpc) is 2.27. The Balaban J connectivity index is 2.58. The van der Waals surface area contributed by atoms with Crippen molar-refractivity contribution in [1.82, 2.24) is 5.48 Å². The zero-order chi connectivity index (χ0) is 13.8. The molecule has 1 aromatic rings. The lowest BCUT2D eigenvalue weighted by atomic mass is 10.2. The van der Waals surface area contributed by atoms with Crippen LogP contribution in [0, 0.1) is 0 Å². The van der Waals surface area contributed by atoms with Gasteiger partial charge in [0.15, 0.2) is 11.5 Å². The number of phenols is 2. The van der Waals surface area contributed by atoms with Gasteiger partial charge in [-0.25, -0.2) is 5.48 Å². The van der Waals surface area contributed by atoms with Crippen LogP contribution in [0.25, 0.3) is 6.08 Å². The summed E-state index contributed by atoms with van der Waals surface area (Å²) in [5, 5.41) is 18.4. The second kappa shape index (κ2) is 5.55. The first kappa shape index (κ1) is 14.1. The summed E-state index contributed by atoms with van der Waals surface area (Å²) in [5.41, 5.74) is 2.42. The van der Waals surface area contributed by atoms with Gasteiger partial charge in [0.25, 0.3) is 5.91 Å². The number of amides is 1. The first-order valence-electron chi connectivity index (χ1n) is 5.46. The van der Waals surface area contributed by atoms with E-state index in [4.69, 9.17) is 9.94 Å². The SMILES string of the molecule is CC(C)(C)ONC(=O)/C=C/c1ccc(O)c(O)c1. The van der Waals surface area contributed by atoms with Crippen LogP contribution in [-0.2, 0) is 9.63 Å². The standard InChI is InChI=1S/C13H17NO4/c1-13(2,3)18-14-12(17)7-5-9-4-6-10(15)11(16)8-9/h4-8,15-16H,1-3H3,(H,14,17)/b7-5+. The fourth-order valence-corrected chi connectivity index (χ4v) is 1.05. The molecule has 1 rings (SSSR count). The molecule has 0 saturated carbocycles. The molecule has 0 heterocycles. The Bertz CT molecular complexity index is 461. The van der Waals surface area contributed by atoms with E-state index >= 15 is 0 Å². The van der Waals surface area contributed by atoms with Crippen LogP contribution < -0.4 is 5.48 Å². The number of hydrogen-bond acceptors (Lipinski definition) is 4. The summed E-state index contributed by atoms with van der Waals surface area (Å²) in [4.78, 5) is 16.5. The molecule has 1 amide bonds. The highest BCUT2D eigenvalue weighted by atomic mass is 16.7. The van der Waals surface area contributed by atoms with Crippen molar-refractivity contribution in [1.29, 1.82) is 0 Å². The minimum atomic E-state index is -0.458. The van der Waals surface area contributed by atoms with Gasteiger partial charge in [0.05, 0.1) is 5.60 Å². The molecule has 0 atom stereocenters. The van der Waals surface area contributed by atoms with Gasteiger partial charge in [-0.2, -0.15) is 0 Å². The Kier molecular flexibility index (Phi) is 4.33. The normalized spacial score (nSPS) is 11.7. The lowest BCUT2D eigenvalue weighted by molar-refractivity contribution is -0.140. The second-order valence-electron chi connectivity index (χ2n) is 4.76. The van der Waals surface area contributed by atoms with E-state index in [0.717, 1.165) is 0 Å². The lowest BCUT2D eigenvalue weighted by Gasteiger charge is -2.17. The molecular weight excluding hydrogens is 234 g/mol. The summed E-state index contributed by atoms with van der Waals surface area (Å²) >= 11 is 0. The molecule has 3 N–H and O–H groups in total. The molecule has 0 spiro atoms. The van der Waals surface area contributed by atoms with Gasteiger partial charge in [-0.3, -0.25) is 9.63 Å². The van der Waals surface area contributed by atoms with Crippen molar-refractivity contribution < 1.29 is 19.8 Å². The molecule has 5 heteroatoms. The Labute approximate surface area is 106 Å². The van der Waals surface area contributed by atoms with Gasteiger partial charge in [-0.15, -0.1) is 0 Å². The van der Waals surface area contributed by atoms with Crippen molar-refractivity contribution in [2.45, 2.75) is 26.4 Å². The molecule has 0 radical (unpaired) electrons. The van der Waals surface area contributed by atoms with E-state index in [-0.39, 0.29) is 11.5 Å². The average molecular weight is 251 g/mol. The molecule has 18 heavy (non-hydrogen) atoms. The van der Waals surface area contributed by atoms with E-state index in [9.17, 15) is 9.90 Å². The zero-order valence-corrected chi connectivity index (χ0v) is 10.6. The fraction of sp³-hybridized carbons (Fsp3) is 0.308. The quantitative estimate of drug-likeness (QED) is 0.436. The molecule has 5 nitrogen and oxygen atoms in total. The molecular formula is C13H17NO4. The first-order valence-corrected chi connectivity index (χ1v) is 5.46. The third kappa shape index (κ3) is 4.88. The van der Waals surface area contributed by atoms with Gasteiger partial charge in [0, 0.05) is 6.08 Å². The second-order valence-corrected chi connectivity index (χ2v) is 4.76. The van der Waals surface area contributed by atoms with E-state index in [0.29, 0.717) is 5.56 Å². The number of carbonyl (C=O) groups is 1. The van der Waals surface area contributed by atoms with Crippen LogP contribution in [0.4, 0.5) is 0 Å². The molecule has 0 fully saturated rings. The predicted molar refractivity (Wildman–Crippen MR) is 67.8 cm³/mol. The van der Waals surface area contributed by atoms with E-state index in [2.05, 4.69) is 5.48 Å². The minimum Gasteiger partial charge on any atom is -0.504 e. The maximum Gasteiger partial charge on any atom is 0.267 e. The zero-order valence-electron chi connectivity index (χ0n) is 10.6. The van der Waals surface area contributed by atoms with E-state index < -0.39 is 11.5 Å². The number of aromatic hydroxyl groups is 2. The van der Waals surface area contributed by atoms with Gasteiger partial charge in [-0.05, 0) is 44.5 Å². The minimum absolute atomic E-state index is 0.201. The van der Waals surface area contributed by atoms with Crippen LogP contribution in [0.5, 0.6) is 11.5 Å². The molecule has 0 unspecified atom stereocenters. The summed E-state index contributed by atoms with van der Waals surface area (Å²) < 4.78 is 0. The van der Waals surface area contributed by atoms with Crippen molar-refractivity contribution in [2.24, 2.45) is 0 Å². The molecule has 0 aliphatic heterocycles. The summed E-state index contributed by atoms with van der Waals surface area (Å²) in [6.45, 7) is 5.44. The third-order valence-electron chi connectivity index (χ3n) is 1.88. The number of nitrogens with one attached hydrogen (secondary N) is 1. The van der Waals surface area contributed by atoms with Crippen LogP contribution in [0.1, 0.15) is 26.3 Å². The van der Waals surface area contributed by atoms with E-state index in [1.807, 2.05) is 20.8 Å². The number of phenolic OH excluding ortho intramolecular Hbond substituents is 2. The van der Waals surface area contributed by atoms with E-state index in [1.165, 1.54) is 24.3 Å². The highest BCUT2D eigenvalue weighted by Crippen LogP contribution is 2.25. The summed E-state index contributed by atoms with van der Waals surface area (Å²) in [6, 6.07) is 4.27. The Morgan fingerprint density at radius 3 is 2.50 bits per heavy atom. The Morgan fingerprint density at radius 1 is 1.28 bits per heavy atom. The van der Waals surface area contributed by atoms with Gasteiger partial charge < -0.3 is 10.2 Å². The Hall–Kier alpha value is -2.01. The predicted octanol–water partition coefficient (Wildman–Crippen LogP) is 1.96. The maximum atomic E-state index is 11.4. The molecule has 0 saturated heterocycles. The molecule has 1 aromatic carbocycles. The number of carbonyl (C=O) groups excluding carboxylic acids is 1. The molecule has 0 aromatic heterocycles. The van der Waals surface area contributed by atoms with Crippen LogP contribution in [0.15, 0.2) is 24.3 Å². The van der Waals surface area contributed by atoms with Gasteiger partial charge in [-0.1, -0.05) is 6.07 Å². The van der Waals surface area contributed by atoms with Crippen molar-refractivity contribution >= 4 is 12.0 Å². The van der Waals surface area contributed by atoms with Gasteiger partial charge in [0.1, 0.15) is 0 Å². The van der Waals surface area contributed by atoms with Crippen molar-refractivity contribution in [3.63, 3.8) is 0 Å². The van der Waals surface area contributed by atoms with Crippen molar-refractivity contribution in [3.05, 3.63) is 29.8 Å². The van der Waals surface area contributed by atoms with Crippen molar-refractivity contribution in [3.8, 4) is 11.5 Å². The summed E-state index contributed by atoms with van der Waals surface area (Å²) in [5.74, 6) is -0.839. The van der Waals surface area contributed by atoms with Gasteiger partial charge in [0.2, 0.25) is 0 Å². The van der Waals surface area contributed by atoms with Crippen molar-refractivity contribution in [2.75, 3.05) is 0 Å². The van der Waals surface area contributed by atoms with Crippen LogP contribution in [-0.4, -0.2) is 21.7 Å². The highest BCUT2D eigenvalue weighted by molar-refractivity contribution is 5.91.